The second-order valence-corrected chi connectivity index (χ2v) is 11.3. The number of anilines is 1. The molecule has 2 heterocycles. The fourth-order valence-corrected chi connectivity index (χ4v) is 6.95. The molecule has 1 aliphatic rings. The standard InChI is InChI=1S/C28H27FN2O3S2/c1-3-34-28(33)25-21-11-7-13-23(21)36-27(25)30-26(32)17(2)35-24-16-31(22-12-5-4-10-20(22)24)15-18-8-6-9-19(29)14-18/h4-6,8-10,12,14,16-17H,3,7,11,13,15H2,1-2H3,(H,30,32). The number of nitrogens with one attached hydrogen (secondary N) is 1. The number of ether oxygens (including phenoxy) is 1. The van der Waals surface area contributed by atoms with Gasteiger partial charge in [-0.2, -0.15) is 0 Å². The summed E-state index contributed by atoms with van der Waals surface area (Å²) in [5.74, 6) is -0.786. The number of para-hydroxylation sites is 1. The first kappa shape index (κ1) is 24.6. The second-order valence-electron chi connectivity index (χ2n) is 8.80. The van der Waals surface area contributed by atoms with E-state index < -0.39 is 5.25 Å². The smallest absolute Gasteiger partial charge is 0.341 e. The topological polar surface area (TPSA) is 60.3 Å². The van der Waals surface area contributed by atoms with Crippen molar-refractivity contribution in [3.05, 3.63) is 82.1 Å². The number of esters is 1. The zero-order valence-electron chi connectivity index (χ0n) is 20.2. The molecule has 0 radical (unpaired) electrons. The van der Waals surface area contributed by atoms with E-state index in [1.807, 2.05) is 43.5 Å². The minimum atomic E-state index is -0.398. The number of nitrogens with zero attached hydrogens (tertiary/aromatic N) is 1. The molecular weight excluding hydrogens is 495 g/mol. The summed E-state index contributed by atoms with van der Waals surface area (Å²) in [7, 11) is 0. The highest BCUT2D eigenvalue weighted by molar-refractivity contribution is 8.00. The molecule has 0 saturated carbocycles. The Balaban J connectivity index is 1.36. The summed E-state index contributed by atoms with van der Waals surface area (Å²) in [6, 6.07) is 14.6. The van der Waals surface area contributed by atoms with E-state index in [1.54, 1.807) is 13.0 Å². The number of rotatable bonds is 8. The monoisotopic (exact) mass is 522 g/mol. The average Bonchev–Trinajstić information content (AvgIpc) is 3.53. The van der Waals surface area contributed by atoms with E-state index in [1.165, 1.54) is 35.2 Å². The van der Waals surface area contributed by atoms with Crippen LogP contribution in [0.2, 0.25) is 0 Å². The molecule has 186 valence electrons. The summed E-state index contributed by atoms with van der Waals surface area (Å²) in [4.78, 5) is 28.0. The SMILES string of the molecule is CCOC(=O)c1c(NC(=O)C(C)Sc2cn(Cc3cccc(F)c3)c3ccccc23)sc2c1CCC2. The highest BCUT2D eigenvalue weighted by Crippen LogP contribution is 2.40. The third-order valence-electron chi connectivity index (χ3n) is 6.30. The summed E-state index contributed by atoms with van der Waals surface area (Å²) >= 11 is 2.96. The Kier molecular flexibility index (Phi) is 7.16. The summed E-state index contributed by atoms with van der Waals surface area (Å²) in [5.41, 5.74) is 3.44. The van der Waals surface area contributed by atoms with Gasteiger partial charge < -0.3 is 14.6 Å². The van der Waals surface area contributed by atoms with Gasteiger partial charge in [0.1, 0.15) is 10.8 Å². The van der Waals surface area contributed by atoms with Gasteiger partial charge in [0.05, 0.1) is 17.4 Å². The number of amides is 1. The number of hydrogen-bond donors (Lipinski definition) is 1. The number of hydrogen-bond acceptors (Lipinski definition) is 5. The molecule has 0 aliphatic heterocycles. The summed E-state index contributed by atoms with van der Waals surface area (Å²) in [6.07, 6.45) is 4.81. The molecule has 5 rings (SSSR count). The van der Waals surface area contributed by atoms with E-state index in [0.717, 1.165) is 51.1 Å². The van der Waals surface area contributed by atoms with Crippen LogP contribution in [0, 0.1) is 5.82 Å². The van der Waals surface area contributed by atoms with Crippen molar-refractivity contribution < 1.29 is 18.7 Å². The number of thioether (sulfide) groups is 1. The number of fused-ring (bicyclic) bond motifs is 2. The Bertz CT molecular complexity index is 1440. The maximum absolute atomic E-state index is 13.7. The Morgan fingerprint density at radius 2 is 2.03 bits per heavy atom. The molecule has 1 atom stereocenters. The molecule has 1 aliphatic carbocycles. The van der Waals surface area contributed by atoms with E-state index in [-0.39, 0.29) is 17.7 Å². The molecule has 1 N–H and O–H groups in total. The first-order valence-electron chi connectivity index (χ1n) is 12.1. The van der Waals surface area contributed by atoms with E-state index in [2.05, 4.69) is 9.88 Å². The number of thiophene rings is 1. The van der Waals surface area contributed by atoms with Crippen LogP contribution in [0.1, 0.15) is 46.6 Å². The van der Waals surface area contributed by atoms with Crippen LogP contribution in [-0.4, -0.2) is 28.3 Å². The molecular formula is C28H27FN2O3S2. The molecule has 2 aromatic heterocycles. The molecule has 0 fully saturated rings. The third kappa shape index (κ3) is 4.92. The zero-order valence-corrected chi connectivity index (χ0v) is 21.8. The van der Waals surface area contributed by atoms with Crippen LogP contribution < -0.4 is 5.32 Å². The first-order chi connectivity index (χ1) is 17.4. The Hall–Kier alpha value is -3.10. The molecule has 2 aromatic carbocycles. The minimum Gasteiger partial charge on any atom is -0.462 e. The highest BCUT2D eigenvalue weighted by Gasteiger charge is 2.29. The van der Waals surface area contributed by atoms with Gasteiger partial charge >= 0.3 is 5.97 Å². The number of aromatic nitrogens is 1. The Morgan fingerprint density at radius 1 is 1.19 bits per heavy atom. The summed E-state index contributed by atoms with van der Waals surface area (Å²) in [5, 5.41) is 4.24. The Morgan fingerprint density at radius 3 is 2.83 bits per heavy atom. The van der Waals surface area contributed by atoms with E-state index in [9.17, 15) is 14.0 Å². The third-order valence-corrected chi connectivity index (χ3v) is 8.66. The first-order valence-corrected chi connectivity index (χ1v) is 13.8. The zero-order chi connectivity index (χ0) is 25.2. The predicted octanol–water partition coefficient (Wildman–Crippen LogP) is 6.67. The van der Waals surface area contributed by atoms with Gasteiger partial charge in [-0.1, -0.05) is 30.3 Å². The lowest BCUT2D eigenvalue weighted by molar-refractivity contribution is -0.115. The average molecular weight is 523 g/mol. The summed E-state index contributed by atoms with van der Waals surface area (Å²) < 4.78 is 21.1. The molecule has 1 unspecified atom stereocenters. The summed E-state index contributed by atoms with van der Waals surface area (Å²) in [6.45, 7) is 4.47. The van der Waals surface area contributed by atoms with Crippen molar-refractivity contribution in [3.8, 4) is 0 Å². The van der Waals surface area contributed by atoms with Gasteiger partial charge in [0.2, 0.25) is 5.91 Å². The lowest BCUT2D eigenvalue weighted by Gasteiger charge is -2.12. The Labute approximate surface area is 217 Å². The largest absolute Gasteiger partial charge is 0.462 e. The number of benzene rings is 2. The van der Waals surface area contributed by atoms with Crippen LogP contribution in [-0.2, 0) is 28.9 Å². The molecule has 8 heteroatoms. The quantitative estimate of drug-likeness (QED) is 0.207. The second kappa shape index (κ2) is 10.5. The maximum Gasteiger partial charge on any atom is 0.341 e. The van der Waals surface area contributed by atoms with Gasteiger partial charge in [0.25, 0.3) is 0 Å². The molecule has 1 amide bonds. The molecule has 0 bridgehead atoms. The van der Waals surface area contributed by atoms with Gasteiger partial charge in [0, 0.05) is 33.4 Å². The van der Waals surface area contributed by atoms with Gasteiger partial charge in [-0.05, 0) is 62.4 Å². The van der Waals surface area contributed by atoms with E-state index >= 15 is 0 Å². The fraction of sp³-hybridized carbons (Fsp3) is 0.286. The van der Waals surface area contributed by atoms with Crippen molar-refractivity contribution in [1.82, 2.24) is 4.57 Å². The van der Waals surface area contributed by atoms with Crippen molar-refractivity contribution in [2.45, 2.75) is 49.8 Å². The molecule has 5 nitrogen and oxygen atoms in total. The van der Waals surface area contributed by atoms with Crippen molar-refractivity contribution in [3.63, 3.8) is 0 Å². The highest BCUT2D eigenvalue weighted by atomic mass is 32.2. The van der Waals surface area contributed by atoms with E-state index in [4.69, 9.17) is 4.74 Å². The number of aryl methyl sites for hydroxylation is 1. The van der Waals surface area contributed by atoms with E-state index in [0.29, 0.717) is 23.7 Å². The van der Waals surface area contributed by atoms with Crippen molar-refractivity contribution >= 4 is 50.9 Å². The van der Waals surface area contributed by atoms with Gasteiger partial charge in [0.15, 0.2) is 0 Å². The van der Waals surface area contributed by atoms with Crippen LogP contribution in [0.5, 0.6) is 0 Å². The van der Waals surface area contributed by atoms with Crippen LogP contribution >= 0.6 is 23.1 Å². The fourth-order valence-electron chi connectivity index (χ4n) is 4.64. The van der Waals surface area contributed by atoms with Crippen molar-refractivity contribution in [2.75, 3.05) is 11.9 Å². The lowest BCUT2D eigenvalue weighted by atomic mass is 10.1. The minimum absolute atomic E-state index is 0.160. The van der Waals surface area contributed by atoms with Crippen LogP contribution in [0.4, 0.5) is 9.39 Å². The maximum atomic E-state index is 13.7. The number of carbonyl (C=O) groups excluding carboxylic acids is 2. The predicted molar refractivity (Wildman–Crippen MR) is 144 cm³/mol. The van der Waals surface area contributed by atoms with Gasteiger partial charge in [-0.3, -0.25) is 4.79 Å². The molecule has 36 heavy (non-hydrogen) atoms. The van der Waals surface area contributed by atoms with Crippen LogP contribution in [0.3, 0.4) is 0 Å². The molecule has 4 aromatic rings. The van der Waals surface area contributed by atoms with Crippen LogP contribution in [0.15, 0.2) is 59.6 Å². The normalized spacial score (nSPS) is 13.5. The van der Waals surface area contributed by atoms with Gasteiger partial charge in [-0.15, -0.1) is 23.1 Å². The lowest BCUT2D eigenvalue weighted by Crippen LogP contribution is -2.23. The number of carbonyl (C=O) groups is 2. The van der Waals surface area contributed by atoms with Crippen molar-refractivity contribution in [2.24, 2.45) is 0 Å². The van der Waals surface area contributed by atoms with Gasteiger partial charge in [-0.25, -0.2) is 9.18 Å². The molecule has 0 saturated heterocycles. The number of halogens is 1. The van der Waals surface area contributed by atoms with Crippen LogP contribution in [0.25, 0.3) is 10.9 Å². The molecule has 0 spiro atoms. The van der Waals surface area contributed by atoms with Crippen molar-refractivity contribution in [1.29, 1.82) is 0 Å².